The molecule has 1 aliphatic rings. The van der Waals surface area contributed by atoms with Crippen LogP contribution < -0.4 is 5.73 Å². The molecular weight excluding hydrogens is 219 g/mol. The van der Waals surface area contributed by atoms with Crippen LogP contribution in [0.4, 0.5) is 4.39 Å². The maximum absolute atomic E-state index is 12.8. The number of carbonyl (C=O) groups is 1. The first kappa shape index (κ1) is 11.8. The van der Waals surface area contributed by atoms with E-state index in [1.54, 1.807) is 17.0 Å². The Hall–Kier alpha value is -1.68. The van der Waals surface area contributed by atoms with Crippen LogP contribution in [0.5, 0.6) is 0 Å². The smallest absolute Gasteiger partial charge is 0.236 e. The summed E-state index contributed by atoms with van der Waals surface area (Å²) in [5.41, 5.74) is 7.49. The van der Waals surface area contributed by atoms with E-state index in [0.29, 0.717) is 13.1 Å². The number of amides is 1. The zero-order chi connectivity index (χ0) is 12.3. The SMILES string of the molecule is NCC(=O)N1CC=C(c2ccc(F)cc2)CC1. The number of benzene rings is 1. The highest BCUT2D eigenvalue weighted by Gasteiger charge is 2.16. The molecule has 0 spiro atoms. The van der Waals surface area contributed by atoms with Crippen LogP contribution in [0.25, 0.3) is 5.57 Å². The van der Waals surface area contributed by atoms with Crippen molar-refractivity contribution in [1.82, 2.24) is 4.90 Å². The van der Waals surface area contributed by atoms with Crippen molar-refractivity contribution in [3.05, 3.63) is 41.7 Å². The van der Waals surface area contributed by atoms with Gasteiger partial charge in [-0.05, 0) is 29.7 Å². The van der Waals surface area contributed by atoms with E-state index < -0.39 is 0 Å². The fourth-order valence-corrected chi connectivity index (χ4v) is 1.95. The van der Waals surface area contributed by atoms with Crippen molar-refractivity contribution in [3.8, 4) is 0 Å². The highest BCUT2D eigenvalue weighted by atomic mass is 19.1. The van der Waals surface area contributed by atoms with Crippen LogP contribution >= 0.6 is 0 Å². The summed E-state index contributed by atoms with van der Waals surface area (Å²) in [6.45, 7) is 1.32. The number of carbonyl (C=O) groups excluding carboxylic acids is 1. The molecular formula is C13H15FN2O. The largest absolute Gasteiger partial charge is 0.338 e. The molecule has 0 bridgehead atoms. The summed E-state index contributed by atoms with van der Waals surface area (Å²) >= 11 is 0. The lowest BCUT2D eigenvalue weighted by molar-refractivity contribution is -0.129. The Morgan fingerprint density at radius 1 is 1.35 bits per heavy atom. The lowest BCUT2D eigenvalue weighted by atomic mass is 9.99. The number of nitrogens with zero attached hydrogens (tertiary/aromatic N) is 1. The quantitative estimate of drug-likeness (QED) is 0.840. The normalized spacial score (nSPS) is 15.6. The second kappa shape index (κ2) is 5.10. The van der Waals surface area contributed by atoms with Crippen LogP contribution in [0.15, 0.2) is 30.3 Å². The van der Waals surface area contributed by atoms with Crippen LogP contribution in [-0.4, -0.2) is 30.4 Å². The average molecular weight is 234 g/mol. The van der Waals surface area contributed by atoms with Gasteiger partial charge in [0.1, 0.15) is 5.82 Å². The molecule has 1 aromatic rings. The van der Waals surface area contributed by atoms with Crippen LogP contribution in [0.1, 0.15) is 12.0 Å². The molecule has 3 nitrogen and oxygen atoms in total. The molecule has 2 rings (SSSR count). The Balaban J connectivity index is 2.08. The Morgan fingerprint density at radius 2 is 2.06 bits per heavy atom. The third-order valence-corrected chi connectivity index (χ3v) is 2.95. The third-order valence-electron chi connectivity index (χ3n) is 2.95. The van der Waals surface area contributed by atoms with Gasteiger partial charge >= 0.3 is 0 Å². The van der Waals surface area contributed by atoms with Gasteiger partial charge in [-0.1, -0.05) is 18.2 Å². The summed E-state index contributed by atoms with van der Waals surface area (Å²) in [6.07, 6.45) is 2.79. The van der Waals surface area contributed by atoms with Crippen LogP contribution in [-0.2, 0) is 4.79 Å². The maximum atomic E-state index is 12.8. The molecule has 1 amide bonds. The summed E-state index contributed by atoms with van der Waals surface area (Å²) < 4.78 is 12.8. The molecule has 1 aliphatic heterocycles. The van der Waals surface area contributed by atoms with Crippen molar-refractivity contribution >= 4 is 11.5 Å². The van der Waals surface area contributed by atoms with Crippen molar-refractivity contribution in [2.75, 3.05) is 19.6 Å². The topological polar surface area (TPSA) is 46.3 Å². The van der Waals surface area contributed by atoms with E-state index >= 15 is 0 Å². The van der Waals surface area contributed by atoms with E-state index in [0.717, 1.165) is 17.6 Å². The van der Waals surface area contributed by atoms with Gasteiger partial charge in [0.2, 0.25) is 5.91 Å². The van der Waals surface area contributed by atoms with E-state index in [1.165, 1.54) is 12.1 Å². The van der Waals surface area contributed by atoms with Gasteiger partial charge < -0.3 is 10.6 Å². The minimum absolute atomic E-state index is 0.0283. The Kier molecular flexibility index (Phi) is 3.54. The summed E-state index contributed by atoms with van der Waals surface area (Å²) in [5, 5.41) is 0. The summed E-state index contributed by atoms with van der Waals surface area (Å²) in [5.74, 6) is -0.260. The number of hydrogen-bond donors (Lipinski definition) is 1. The van der Waals surface area contributed by atoms with Gasteiger partial charge in [0.05, 0.1) is 6.54 Å². The molecule has 1 heterocycles. The molecule has 0 radical (unpaired) electrons. The fraction of sp³-hybridized carbons (Fsp3) is 0.308. The molecule has 0 saturated heterocycles. The molecule has 90 valence electrons. The molecule has 4 heteroatoms. The number of nitrogens with two attached hydrogens (primary N) is 1. The Bertz CT molecular complexity index is 439. The zero-order valence-electron chi connectivity index (χ0n) is 9.53. The molecule has 0 saturated carbocycles. The highest BCUT2D eigenvalue weighted by Crippen LogP contribution is 2.22. The zero-order valence-corrected chi connectivity index (χ0v) is 9.53. The number of hydrogen-bond acceptors (Lipinski definition) is 2. The molecule has 0 aliphatic carbocycles. The van der Waals surface area contributed by atoms with Crippen molar-refractivity contribution in [1.29, 1.82) is 0 Å². The summed E-state index contributed by atoms with van der Waals surface area (Å²) in [4.78, 5) is 13.1. The average Bonchev–Trinajstić information content (AvgIpc) is 2.39. The van der Waals surface area contributed by atoms with Crippen molar-refractivity contribution in [2.45, 2.75) is 6.42 Å². The summed E-state index contributed by atoms with van der Waals surface area (Å²) in [7, 11) is 0. The first-order valence-corrected chi connectivity index (χ1v) is 5.63. The van der Waals surface area contributed by atoms with Crippen LogP contribution in [0.2, 0.25) is 0 Å². The van der Waals surface area contributed by atoms with Crippen LogP contribution in [0, 0.1) is 5.82 Å². The Morgan fingerprint density at radius 3 is 2.59 bits per heavy atom. The van der Waals surface area contributed by atoms with Gasteiger partial charge in [-0.2, -0.15) is 0 Å². The van der Waals surface area contributed by atoms with Gasteiger partial charge in [0, 0.05) is 13.1 Å². The Labute approximate surface area is 99.7 Å². The fourth-order valence-electron chi connectivity index (χ4n) is 1.95. The number of halogens is 1. The monoisotopic (exact) mass is 234 g/mol. The van der Waals surface area contributed by atoms with E-state index in [9.17, 15) is 9.18 Å². The van der Waals surface area contributed by atoms with Crippen molar-refractivity contribution in [2.24, 2.45) is 5.73 Å². The molecule has 0 unspecified atom stereocenters. The van der Waals surface area contributed by atoms with E-state index in [1.807, 2.05) is 6.08 Å². The molecule has 0 aromatic heterocycles. The maximum Gasteiger partial charge on any atom is 0.236 e. The molecule has 0 atom stereocenters. The van der Waals surface area contributed by atoms with E-state index in [2.05, 4.69) is 0 Å². The van der Waals surface area contributed by atoms with Crippen LogP contribution in [0.3, 0.4) is 0 Å². The van der Waals surface area contributed by atoms with E-state index in [-0.39, 0.29) is 18.3 Å². The van der Waals surface area contributed by atoms with Crippen molar-refractivity contribution in [3.63, 3.8) is 0 Å². The van der Waals surface area contributed by atoms with Gasteiger partial charge in [-0.15, -0.1) is 0 Å². The highest BCUT2D eigenvalue weighted by molar-refractivity contribution is 5.79. The molecule has 0 fully saturated rings. The van der Waals surface area contributed by atoms with Crippen molar-refractivity contribution < 1.29 is 9.18 Å². The van der Waals surface area contributed by atoms with Gasteiger partial charge in [-0.3, -0.25) is 4.79 Å². The molecule has 2 N–H and O–H groups in total. The lowest BCUT2D eigenvalue weighted by Crippen LogP contribution is -2.38. The predicted octanol–water partition coefficient (Wildman–Crippen LogP) is 1.40. The molecule has 17 heavy (non-hydrogen) atoms. The predicted molar refractivity (Wildman–Crippen MR) is 64.6 cm³/mol. The first-order chi connectivity index (χ1) is 8.20. The first-order valence-electron chi connectivity index (χ1n) is 5.63. The summed E-state index contributed by atoms with van der Waals surface area (Å²) in [6, 6.07) is 6.43. The van der Waals surface area contributed by atoms with Gasteiger partial charge in [0.25, 0.3) is 0 Å². The molecule has 1 aromatic carbocycles. The standard InChI is InChI=1S/C13H15FN2O/c14-12-3-1-10(2-4-12)11-5-7-16(8-6-11)13(17)9-15/h1-5H,6-9,15H2. The minimum atomic E-state index is -0.231. The lowest BCUT2D eigenvalue weighted by Gasteiger charge is -2.26. The minimum Gasteiger partial charge on any atom is -0.338 e. The second-order valence-electron chi connectivity index (χ2n) is 4.03. The van der Waals surface area contributed by atoms with E-state index in [4.69, 9.17) is 5.73 Å². The van der Waals surface area contributed by atoms with Gasteiger partial charge in [0.15, 0.2) is 0 Å². The number of rotatable bonds is 2. The second-order valence-corrected chi connectivity index (χ2v) is 4.03. The third kappa shape index (κ3) is 2.71. The van der Waals surface area contributed by atoms with Gasteiger partial charge in [-0.25, -0.2) is 4.39 Å².